The van der Waals surface area contributed by atoms with E-state index in [1.54, 1.807) is 0 Å². The first-order valence-electron chi connectivity index (χ1n) is 9.23. The van der Waals surface area contributed by atoms with E-state index >= 15 is 0 Å². The van der Waals surface area contributed by atoms with Gasteiger partial charge < -0.3 is 25.8 Å². The van der Waals surface area contributed by atoms with Crippen molar-refractivity contribution in [3.05, 3.63) is 18.0 Å². The highest BCUT2D eigenvalue weighted by atomic mass is 127. The Kier molecular flexibility index (Phi) is 10.9. The summed E-state index contributed by atoms with van der Waals surface area (Å²) in [4.78, 5) is 11.8. The SMILES string of the molecule is CCNC(=NCC1(CCO)CCOC1)NCCNc1nccc(C(F)(F)F)n1.I. The summed E-state index contributed by atoms with van der Waals surface area (Å²) in [6.45, 7) is 5.18. The molecule has 0 amide bonds. The fourth-order valence-electron chi connectivity index (χ4n) is 2.83. The quantitative estimate of drug-likeness (QED) is 0.167. The third kappa shape index (κ3) is 8.46. The van der Waals surface area contributed by atoms with Gasteiger partial charge in [0.1, 0.15) is 5.69 Å². The fourth-order valence-corrected chi connectivity index (χ4v) is 2.83. The zero-order chi connectivity index (χ0) is 20.5. The second kappa shape index (κ2) is 12.3. The molecule has 0 spiro atoms. The summed E-state index contributed by atoms with van der Waals surface area (Å²) in [7, 11) is 0. The van der Waals surface area contributed by atoms with Crippen LogP contribution in [0.15, 0.2) is 17.3 Å². The predicted octanol–water partition coefficient (Wildman–Crippen LogP) is 1.87. The molecule has 166 valence electrons. The summed E-state index contributed by atoms with van der Waals surface area (Å²) >= 11 is 0. The van der Waals surface area contributed by atoms with Crippen molar-refractivity contribution in [1.29, 1.82) is 0 Å². The van der Waals surface area contributed by atoms with Gasteiger partial charge in [-0.25, -0.2) is 9.97 Å². The molecular weight excluding hydrogens is 504 g/mol. The van der Waals surface area contributed by atoms with Crippen molar-refractivity contribution >= 4 is 35.9 Å². The summed E-state index contributed by atoms with van der Waals surface area (Å²) in [5, 5.41) is 18.3. The summed E-state index contributed by atoms with van der Waals surface area (Å²) in [6.07, 6.45) is -1.95. The van der Waals surface area contributed by atoms with Crippen LogP contribution in [0.2, 0.25) is 0 Å². The number of ether oxygens (including phenoxy) is 1. The summed E-state index contributed by atoms with van der Waals surface area (Å²) < 4.78 is 43.5. The highest BCUT2D eigenvalue weighted by Crippen LogP contribution is 2.32. The van der Waals surface area contributed by atoms with Gasteiger partial charge in [0, 0.05) is 44.5 Å². The molecule has 4 N–H and O–H groups in total. The van der Waals surface area contributed by atoms with Crippen LogP contribution in [-0.4, -0.2) is 67.0 Å². The van der Waals surface area contributed by atoms with Crippen molar-refractivity contribution < 1.29 is 23.0 Å². The monoisotopic (exact) mass is 532 g/mol. The summed E-state index contributed by atoms with van der Waals surface area (Å²) in [5.41, 5.74) is -1.14. The minimum absolute atomic E-state index is 0. The summed E-state index contributed by atoms with van der Waals surface area (Å²) in [6, 6.07) is 0.828. The van der Waals surface area contributed by atoms with Crippen LogP contribution in [0.1, 0.15) is 25.5 Å². The molecule has 2 heterocycles. The van der Waals surface area contributed by atoms with Gasteiger partial charge in [-0.1, -0.05) is 0 Å². The molecule has 1 fully saturated rings. The molecular formula is C17H28F3IN6O2. The van der Waals surface area contributed by atoms with Crippen molar-refractivity contribution in [2.45, 2.75) is 25.9 Å². The highest BCUT2D eigenvalue weighted by molar-refractivity contribution is 14.0. The molecule has 2 rings (SSSR count). The lowest BCUT2D eigenvalue weighted by Gasteiger charge is -2.24. The van der Waals surface area contributed by atoms with Crippen LogP contribution in [-0.2, 0) is 10.9 Å². The molecule has 1 aliphatic rings. The number of aliphatic hydroxyl groups is 1. The summed E-state index contributed by atoms with van der Waals surface area (Å²) in [5.74, 6) is 0.516. The molecule has 0 aromatic carbocycles. The Morgan fingerprint density at radius 1 is 1.34 bits per heavy atom. The minimum Gasteiger partial charge on any atom is -0.396 e. The number of guanidine groups is 1. The van der Waals surface area contributed by atoms with Crippen molar-refractivity contribution in [2.75, 3.05) is 51.3 Å². The maximum atomic E-state index is 12.7. The number of nitrogens with zero attached hydrogens (tertiary/aromatic N) is 3. The molecule has 0 aliphatic carbocycles. The maximum Gasteiger partial charge on any atom is 0.433 e. The second-order valence-electron chi connectivity index (χ2n) is 6.59. The third-order valence-electron chi connectivity index (χ3n) is 4.39. The lowest BCUT2D eigenvalue weighted by atomic mass is 9.84. The molecule has 1 aromatic rings. The van der Waals surface area contributed by atoms with Crippen LogP contribution in [0.5, 0.6) is 0 Å². The van der Waals surface area contributed by atoms with Crippen molar-refractivity contribution in [3.8, 4) is 0 Å². The van der Waals surface area contributed by atoms with Gasteiger partial charge in [0.25, 0.3) is 0 Å². The number of halogens is 4. The van der Waals surface area contributed by atoms with E-state index in [2.05, 4.69) is 30.9 Å². The van der Waals surface area contributed by atoms with Crippen LogP contribution >= 0.6 is 24.0 Å². The van der Waals surface area contributed by atoms with E-state index in [-0.39, 0.29) is 41.9 Å². The Hall–Kier alpha value is -1.41. The molecule has 12 heteroatoms. The number of aliphatic hydroxyl groups excluding tert-OH is 1. The normalized spacial score (nSPS) is 19.6. The third-order valence-corrected chi connectivity index (χ3v) is 4.39. The van der Waals surface area contributed by atoms with E-state index in [0.29, 0.717) is 51.8 Å². The zero-order valence-electron chi connectivity index (χ0n) is 16.3. The lowest BCUT2D eigenvalue weighted by Crippen LogP contribution is -2.40. The Balaban J connectivity index is 0.00000420. The number of hydrogen-bond donors (Lipinski definition) is 4. The number of rotatable bonds is 9. The predicted molar refractivity (Wildman–Crippen MR) is 114 cm³/mol. The Bertz CT molecular complexity index is 642. The van der Waals surface area contributed by atoms with Gasteiger partial charge in [-0.05, 0) is 25.8 Å². The van der Waals surface area contributed by atoms with Crippen molar-refractivity contribution in [2.24, 2.45) is 10.4 Å². The molecule has 0 saturated carbocycles. The van der Waals surface area contributed by atoms with Gasteiger partial charge >= 0.3 is 6.18 Å². The molecule has 1 saturated heterocycles. The first-order chi connectivity index (χ1) is 13.4. The van der Waals surface area contributed by atoms with Crippen LogP contribution in [0.4, 0.5) is 19.1 Å². The average molecular weight is 532 g/mol. The number of anilines is 1. The first-order valence-corrected chi connectivity index (χ1v) is 9.23. The second-order valence-corrected chi connectivity index (χ2v) is 6.59. The average Bonchev–Trinajstić information content (AvgIpc) is 3.12. The van der Waals surface area contributed by atoms with Gasteiger partial charge in [-0.15, -0.1) is 24.0 Å². The largest absolute Gasteiger partial charge is 0.433 e. The van der Waals surface area contributed by atoms with E-state index in [1.165, 1.54) is 0 Å². The zero-order valence-corrected chi connectivity index (χ0v) is 18.6. The molecule has 0 bridgehead atoms. The fraction of sp³-hybridized carbons (Fsp3) is 0.706. The van der Waals surface area contributed by atoms with Crippen LogP contribution in [0.3, 0.4) is 0 Å². The molecule has 1 aliphatic heterocycles. The van der Waals surface area contributed by atoms with Crippen LogP contribution in [0.25, 0.3) is 0 Å². The van der Waals surface area contributed by atoms with E-state index in [9.17, 15) is 18.3 Å². The standard InChI is InChI=1S/C17H27F3N6O2.HI/c1-2-21-14(25-11-16(4-9-27)5-10-28-12-16)23-7-8-24-15-22-6-3-13(26-15)17(18,19)20;/h3,6,27H,2,4-5,7-12H2,1H3,(H2,21,23,25)(H,22,24,26);1H. The van der Waals surface area contributed by atoms with E-state index in [4.69, 9.17) is 4.74 Å². The van der Waals surface area contributed by atoms with E-state index < -0.39 is 11.9 Å². The molecule has 8 nitrogen and oxygen atoms in total. The lowest BCUT2D eigenvalue weighted by molar-refractivity contribution is -0.141. The van der Waals surface area contributed by atoms with Gasteiger partial charge in [0.05, 0.1) is 13.2 Å². The molecule has 29 heavy (non-hydrogen) atoms. The van der Waals surface area contributed by atoms with Crippen LogP contribution < -0.4 is 16.0 Å². The van der Waals surface area contributed by atoms with Crippen molar-refractivity contribution in [1.82, 2.24) is 20.6 Å². The smallest absolute Gasteiger partial charge is 0.396 e. The molecule has 1 atom stereocenters. The van der Waals surface area contributed by atoms with E-state index in [0.717, 1.165) is 18.7 Å². The number of aliphatic imine (C=N–C) groups is 1. The highest BCUT2D eigenvalue weighted by Gasteiger charge is 2.34. The Labute approximate surface area is 185 Å². The maximum absolute atomic E-state index is 12.7. The Morgan fingerprint density at radius 2 is 2.14 bits per heavy atom. The Morgan fingerprint density at radius 3 is 2.76 bits per heavy atom. The van der Waals surface area contributed by atoms with E-state index in [1.807, 2.05) is 6.92 Å². The number of aromatic nitrogens is 2. The topological polar surface area (TPSA) is 104 Å². The van der Waals surface area contributed by atoms with Crippen molar-refractivity contribution in [3.63, 3.8) is 0 Å². The number of hydrogen-bond acceptors (Lipinski definition) is 6. The van der Waals surface area contributed by atoms with Gasteiger partial charge in [0.2, 0.25) is 5.95 Å². The number of alkyl halides is 3. The number of nitrogens with one attached hydrogen (secondary N) is 3. The van der Waals surface area contributed by atoms with Gasteiger partial charge in [-0.3, -0.25) is 4.99 Å². The molecule has 1 aromatic heterocycles. The van der Waals surface area contributed by atoms with Gasteiger partial charge in [0.15, 0.2) is 5.96 Å². The minimum atomic E-state index is -4.50. The first kappa shape index (κ1) is 25.6. The molecule has 0 radical (unpaired) electrons. The van der Waals surface area contributed by atoms with Crippen LogP contribution in [0, 0.1) is 5.41 Å². The molecule has 1 unspecified atom stereocenters. The van der Waals surface area contributed by atoms with Gasteiger partial charge in [-0.2, -0.15) is 13.2 Å².